The van der Waals surface area contributed by atoms with Gasteiger partial charge >= 0.3 is 0 Å². The zero-order valence-electron chi connectivity index (χ0n) is 10.3. The van der Waals surface area contributed by atoms with Crippen molar-refractivity contribution in [2.45, 2.75) is 26.9 Å². The van der Waals surface area contributed by atoms with Crippen LogP contribution in [0.2, 0.25) is 0 Å². The predicted octanol–water partition coefficient (Wildman–Crippen LogP) is 2.52. The summed E-state index contributed by atoms with van der Waals surface area (Å²) in [5, 5.41) is 21.2. The van der Waals surface area contributed by atoms with E-state index in [2.05, 4.69) is 5.32 Å². The minimum atomic E-state index is -0.572. The van der Waals surface area contributed by atoms with Gasteiger partial charge in [0, 0.05) is 6.54 Å². The Morgan fingerprint density at radius 3 is 2.59 bits per heavy atom. The number of halogens is 1. The maximum Gasteiger partial charge on any atom is 0.147 e. The van der Waals surface area contributed by atoms with E-state index in [0.29, 0.717) is 5.69 Å². The van der Waals surface area contributed by atoms with Crippen LogP contribution in [0, 0.1) is 22.6 Å². The number of nitrogens with one attached hydrogen (secondary N) is 1. The van der Waals surface area contributed by atoms with Crippen LogP contribution in [0.5, 0.6) is 0 Å². The summed E-state index contributed by atoms with van der Waals surface area (Å²) in [6.07, 6.45) is -0.572. The molecular formula is C13H17FN2O. The lowest BCUT2D eigenvalue weighted by Crippen LogP contribution is -2.33. The van der Waals surface area contributed by atoms with E-state index in [-0.39, 0.29) is 17.5 Å². The number of aliphatic hydroxyl groups excluding tert-OH is 1. The number of benzene rings is 1. The van der Waals surface area contributed by atoms with Gasteiger partial charge in [0.05, 0.1) is 23.4 Å². The molecule has 0 saturated carbocycles. The quantitative estimate of drug-likeness (QED) is 0.847. The number of hydrogen-bond donors (Lipinski definition) is 2. The van der Waals surface area contributed by atoms with Crippen molar-refractivity contribution in [1.82, 2.24) is 0 Å². The molecule has 0 aliphatic carbocycles. The summed E-state index contributed by atoms with van der Waals surface area (Å²) in [5.74, 6) is -0.481. The van der Waals surface area contributed by atoms with Crippen LogP contribution >= 0.6 is 0 Å². The van der Waals surface area contributed by atoms with E-state index in [1.807, 2.05) is 26.8 Å². The highest BCUT2D eigenvalue weighted by molar-refractivity contribution is 5.48. The molecule has 0 amide bonds. The number of nitrogens with zero attached hydrogens (tertiary/aromatic N) is 1. The molecule has 0 fully saturated rings. The highest BCUT2D eigenvalue weighted by atomic mass is 19.1. The van der Waals surface area contributed by atoms with Gasteiger partial charge in [0.15, 0.2) is 0 Å². The fraction of sp³-hybridized carbons (Fsp3) is 0.462. The summed E-state index contributed by atoms with van der Waals surface area (Å²) in [7, 11) is 0. The smallest absolute Gasteiger partial charge is 0.147 e. The molecule has 0 aromatic heterocycles. The van der Waals surface area contributed by atoms with E-state index in [1.54, 1.807) is 0 Å². The molecule has 0 bridgehead atoms. The Labute approximate surface area is 101 Å². The molecule has 0 spiro atoms. The topological polar surface area (TPSA) is 56.0 Å². The molecule has 1 atom stereocenters. The van der Waals surface area contributed by atoms with Crippen LogP contribution < -0.4 is 5.32 Å². The first-order valence-corrected chi connectivity index (χ1v) is 5.46. The van der Waals surface area contributed by atoms with Crippen LogP contribution in [0.1, 0.15) is 26.3 Å². The average molecular weight is 236 g/mol. The maximum atomic E-state index is 13.5. The molecule has 3 nitrogen and oxygen atoms in total. The molecule has 17 heavy (non-hydrogen) atoms. The third-order valence-corrected chi connectivity index (χ3v) is 2.58. The first-order valence-electron chi connectivity index (χ1n) is 5.46. The molecule has 0 aliphatic rings. The normalized spacial score (nSPS) is 12.9. The van der Waals surface area contributed by atoms with Gasteiger partial charge in [0.1, 0.15) is 5.82 Å². The fourth-order valence-electron chi connectivity index (χ4n) is 1.24. The molecule has 1 unspecified atom stereocenters. The molecule has 92 valence electrons. The van der Waals surface area contributed by atoms with Gasteiger partial charge in [-0.2, -0.15) is 5.26 Å². The minimum absolute atomic E-state index is 0.254. The molecule has 0 saturated heterocycles. The van der Waals surface area contributed by atoms with Crippen molar-refractivity contribution in [1.29, 1.82) is 5.26 Å². The number of anilines is 1. The summed E-state index contributed by atoms with van der Waals surface area (Å²) in [4.78, 5) is 0. The molecule has 0 heterocycles. The summed E-state index contributed by atoms with van der Waals surface area (Å²) in [6.45, 7) is 6.00. The van der Waals surface area contributed by atoms with Gasteiger partial charge in [0.25, 0.3) is 0 Å². The van der Waals surface area contributed by atoms with E-state index >= 15 is 0 Å². The van der Waals surface area contributed by atoms with Gasteiger partial charge < -0.3 is 10.4 Å². The van der Waals surface area contributed by atoms with Crippen molar-refractivity contribution in [3.63, 3.8) is 0 Å². The summed E-state index contributed by atoms with van der Waals surface area (Å²) >= 11 is 0. The van der Waals surface area contributed by atoms with Gasteiger partial charge in [-0.1, -0.05) is 20.8 Å². The second kappa shape index (κ2) is 5.15. The lowest BCUT2D eigenvalue weighted by Gasteiger charge is -2.26. The zero-order chi connectivity index (χ0) is 13.1. The predicted molar refractivity (Wildman–Crippen MR) is 65.1 cm³/mol. The number of rotatable bonds is 3. The highest BCUT2D eigenvalue weighted by Crippen LogP contribution is 2.21. The monoisotopic (exact) mass is 236 g/mol. The zero-order valence-corrected chi connectivity index (χ0v) is 10.3. The number of nitriles is 1. The maximum absolute atomic E-state index is 13.5. The van der Waals surface area contributed by atoms with Crippen LogP contribution in [-0.2, 0) is 0 Å². The SMILES string of the molecule is CC(C)(C)C(O)CNc1ccc(C#N)cc1F. The van der Waals surface area contributed by atoms with E-state index in [1.165, 1.54) is 18.2 Å². The van der Waals surface area contributed by atoms with Crippen molar-refractivity contribution < 1.29 is 9.50 Å². The van der Waals surface area contributed by atoms with Gasteiger partial charge in [-0.3, -0.25) is 0 Å². The van der Waals surface area contributed by atoms with E-state index < -0.39 is 11.9 Å². The van der Waals surface area contributed by atoms with Crippen molar-refractivity contribution in [2.24, 2.45) is 5.41 Å². The number of hydrogen-bond acceptors (Lipinski definition) is 3. The van der Waals surface area contributed by atoms with Gasteiger partial charge in [-0.05, 0) is 23.6 Å². The van der Waals surface area contributed by atoms with Crippen LogP contribution in [0.15, 0.2) is 18.2 Å². The van der Waals surface area contributed by atoms with E-state index in [4.69, 9.17) is 5.26 Å². The molecule has 1 aromatic rings. The van der Waals surface area contributed by atoms with Gasteiger partial charge in [-0.25, -0.2) is 4.39 Å². The van der Waals surface area contributed by atoms with Crippen molar-refractivity contribution in [3.05, 3.63) is 29.6 Å². The molecule has 1 rings (SSSR count). The van der Waals surface area contributed by atoms with Gasteiger partial charge in [0.2, 0.25) is 0 Å². The minimum Gasteiger partial charge on any atom is -0.391 e. The second-order valence-electron chi connectivity index (χ2n) is 5.07. The Kier molecular flexibility index (Phi) is 4.08. The van der Waals surface area contributed by atoms with Crippen LogP contribution in [-0.4, -0.2) is 17.8 Å². The molecule has 1 aromatic carbocycles. The van der Waals surface area contributed by atoms with Crippen LogP contribution in [0.3, 0.4) is 0 Å². The van der Waals surface area contributed by atoms with Gasteiger partial charge in [-0.15, -0.1) is 0 Å². The molecule has 2 N–H and O–H groups in total. The average Bonchev–Trinajstić information content (AvgIpc) is 2.25. The van der Waals surface area contributed by atoms with Crippen LogP contribution in [0.4, 0.5) is 10.1 Å². The molecule has 0 radical (unpaired) electrons. The van der Waals surface area contributed by atoms with E-state index in [9.17, 15) is 9.50 Å². The largest absolute Gasteiger partial charge is 0.391 e. The first kappa shape index (κ1) is 13.5. The third kappa shape index (κ3) is 3.72. The number of aliphatic hydroxyl groups is 1. The lowest BCUT2D eigenvalue weighted by molar-refractivity contribution is 0.0745. The highest BCUT2D eigenvalue weighted by Gasteiger charge is 2.21. The van der Waals surface area contributed by atoms with Crippen molar-refractivity contribution in [2.75, 3.05) is 11.9 Å². The standard InChI is InChI=1S/C13H17FN2O/c1-13(2,3)12(17)8-16-11-5-4-9(7-15)6-10(11)14/h4-6,12,16-17H,8H2,1-3H3. The Balaban J connectivity index is 2.68. The Bertz CT molecular complexity index is 432. The first-order chi connectivity index (χ1) is 7.84. The lowest BCUT2D eigenvalue weighted by atomic mass is 9.89. The van der Waals surface area contributed by atoms with Crippen molar-refractivity contribution in [3.8, 4) is 6.07 Å². The second-order valence-corrected chi connectivity index (χ2v) is 5.07. The Morgan fingerprint density at radius 1 is 1.47 bits per heavy atom. The summed E-state index contributed by atoms with van der Waals surface area (Å²) < 4.78 is 13.5. The summed E-state index contributed by atoms with van der Waals surface area (Å²) in [6, 6.07) is 6.08. The molecule has 4 heteroatoms. The fourth-order valence-corrected chi connectivity index (χ4v) is 1.24. The van der Waals surface area contributed by atoms with Crippen molar-refractivity contribution >= 4 is 5.69 Å². The Morgan fingerprint density at radius 2 is 2.12 bits per heavy atom. The third-order valence-electron chi connectivity index (χ3n) is 2.58. The Hall–Kier alpha value is -1.60. The molecular weight excluding hydrogens is 219 g/mol. The summed E-state index contributed by atoms with van der Waals surface area (Å²) in [5.41, 5.74) is 0.326. The molecule has 0 aliphatic heterocycles. The van der Waals surface area contributed by atoms with Crippen LogP contribution in [0.25, 0.3) is 0 Å². The van der Waals surface area contributed by atoms with E-state index in [0.717, 1.165) is 0 Å².